The zero-order chi connectivity index (χ0) is 18.7. The maximum absolute atomic E-state index is 13.0. The molecule has 0 radical (unpaired) electrons. The Kier molecular flexibility index (Phi) is 6.13. The minimum Gasteiger partial charge on any atom is -0.342 e. The van der Waals surface area contributed by atoms with Gasteiger partial charge in [0.05, 0.1) is 11.3 Å². The maximum atomic E-state index is 13.0. The molecule has 1 aromatic carbocycles. The van der Waals surface area contributed by atoms with E-state index < -0.39 is 38.5 Å². The zero-order valence-electron chi connectivity index (χ0n) is 14.1. The monoisotopic (exact) mass is 377 g/mol. The molecule has 25 heavy (non-hydrogen) atoms. The van der Waals surface area contributed by atoms with Gasteiger partial charge in [-0.25, -0.2) is 8.42 Å². The highest BCUT2D eigenvalue weighted by atomic mass is 32.2. The van der Waals surface area contributed by atoms with Gasteiger partial charge in [-0.05, 0) is 31.4 Å². The maximum Gasteiger partial charge on any atom is 0.416 e. The Morgan fingerprint density at radius 3 is 2.24 bits per heavy atom. The first-order valence-electron chi connectivity index (χ1n) is 8.28. The topological polar surface area (TPSA) is 54.5 Å². The number of nitrogens with zero attached hydrogens (tertiary/aromatic N) is 1. The van der Waals surface area contributed by atoms with Gasteiger partial charge in [-0.2, -0.15) is 13.2 Å². The van der Waals surface area contributed by atoms with E-state index in [1.165, 1.54) is 24.0 Å². The predicted molar refractivity (Wildman–Crippen MR) is 88.6 cm³/mol. The Labute approximate surface area is 145 Å². The number of hydrogen-bond acceptors (Lipinski definition) is 3. The van der Waals surface area contributed by atoms with Crippen molar-refractivity contribution < 1.29 is 26.4 Å². The second kappa shape index (κ2) is 7.76. The molecule has 8 heteroatoms. The first-order valence-corrected chi connectivity index (χ1v) is 10.00. The van der Waals surface area contributed by atoms with Gasteiger partial charge in [0.2, 0.25) is 5.91 Å². The molecule has 0 N–H and O–H groups in total. The molecule has 1 aliphatic rings. The van der Waals surface area contributed by atoms with E-state index in [0.717, 1.165) is 37.8 Å². The molecule has 1 fully saturated rings. The number of benzene rings is 1. The highest BCUT2D eigenvalue weighted by Crippen LogP contribution is 2.33. The number of alkyl halides is 3. The Balaban J connectivity index is 2.20. The highest BCUT2D eigenvalue weighted by Gasteiger charge is 2.37. The highest BCUT2D eigenvalue weighted by molar-refractivity contribution is 7.92. The van der Waals surface area contributed by atoms with Gasteiger partial charge in [0.25, 0.3) is 0 Å². The molecular weight excluding hydrogens is 355 g/mol. The molecule has 1 aromatic rings. The van der Waals surface area contributed by atoms with E-state index in [0.29, 0.717) is 13.1 Å². The van der Waals surface area contributed by atoms with Crippen LogP contribution in [0.15, 0.2) is 24.3 Å². The van der Waals surface area contributed by atoms with Gasteiger partial charge < -0.3 is 4.90 Å². The van der Waals surface area contributed by atoms with Crippen molar-refractivity contribution in [3.05, 3.63) is 35.4 Å². The number of rotatable bonds is 4. The van der Waals surface area contributed by atoms with Gasteiger partial charge in [-0.1, -0.05) is 31.0 Å². The third kappa shape index (κ3) is 4.96. The van der Waals surface area contributed by atoms with Crippen LogP contribution in [0.1, 0.15) is 43.7 Å². The van der Waals surface area contributed by atoms with Crippen molar-refractivity contribution in [1.82, 2.24) is 4.90 Å². The van der Waals surface area contributed by atoms with E-state index >= 15 is 0 Å². The van der Waals surface area contributed by atoms with E-state index in [-0.39, 0.29) is 5.56 Å². The summed E-state index contributed by atoms with van der Waals surface area (Å²) in [4.78, 5) is 14.0. The van der Waals surface area contributed by atoms with Crippen LogP contribution in [0.3, 0.4) is 0 Å². The minimum absolute atomic E-state index is 0.328. The van der Waals surface area contributed by atoms with Crippen LogP contribution in [-0.2, 0) is 26.6 Å². The molecule has 1 heterocycles. The summed E-state index contributed by atoms with van der Waals surface area (Å²) in [7, 11) is -4.05. The van der Waals surface area contributed by atoms with E-state index in [1.54, 1.807) is 0 Å². The molecule has 4 nitrogen and oxygen atoms in total. The lowest BCUT2D eigenvalue weighted by molar-refractivity contribution is -0.138. The summed E-state index contributed by atoms with van der Waals surface area (Å²) < 4.78 is 64.2. The van der Waals surface area contributed by atoms with Crippen LogP contribution in [0.2, 0.25) is 0 Å². The number of carbonyl (C=O) groups excluding carboxylic acids is 1. The summed E-state index contributed by atoms with van der Waals surface area (Å²) in [6.07, 6.45) is -1.03. The molecule has 0 spiro atoms. The van der Waals surface area contributed by atoms with Crippen molar-refractivity contribution in [1.29, 1.82) is 0 Å². The fourth-order valence-electron chi connectivity index (χ4n) is 2.97. The number of halogens is 3. The van der Waals surface area contributed by atoms with Gasteiger partial charge >= 0.3 is 6.18 Å². The van der Waals surface area contributed by atoms with Crippen molar-refractivity contribution >= 4 is 15.7 Å². The molecule has 0 saturated carbocycles. The van der Waals surface area contributed by atoms with E-state index in [2.05, 4.69) is 0 Å². The van der Waals surface area contributed by atoms with E-state index in [4.69, 9.17) is 0 Å². The molecule has 0 bridgehead atoms. The molecule has 1 saturated heterocycles. The van der Waals surface area contributed by atoms with Gasteiger partial charge in [0.1, 0.15) is 5.25 Å². The fraction of sp³-hybridized carbons (Fsp3) is 0.588. The number of amides is 1. The molecular formula is C17H22F3NO3S. The van der Waals surface area contributed by atoms with Crippen LogP contribution in [0.5, 0.6) is 0 Å². The standard InChI is InChI=1S/C17H22F3NO3S/c1-13(16(22)21-10-6-2-3-7-11-21)25(23,24)12-14-8-4-5-9-15(14)17(18,19)20/h4-5,8-9,13H,2-3,6-7,10-12H2,1H3. The number of likely N-dealkylation sites (tertiary alicyclic amines) is 1. The average Bonchev–Trinajstić information content (AvgIpc) is 2.81. The van der Waals surface area contributed by atoms with Crippen LogP contribution in [0.25, 0.3) is 0 Å². The summed E-state index contributed by atoms with van der Waals surface area (Å²) in [5.74, 6) is -1.32. The summed E-state index contributed by atoms with van der Waals surface area (Å²) >= 11 is 0. The Morgan fingerprint density at radius 1 is 1.12 bits per heavy atom. The molecule has 1 aliphatic heterocycles. The summed E-state index contributed by atoms with van der Waals surface area (Å²) in [6.45, 7) is 2.26. The van der Waals surface area contributed by atoms with Crippen LogP contribution >= 0.6 is 0 Å². The van der Waals surface area contributed by atoms with E-state index in [1.807, 2.05) is 0 Å². The first-order chi connectivity index (χ1) is 11.6. The minimum atomic E-state index is -4.63. The Hall–Kier alpha value is -1.57. The lowest BCUT2D eigenvalue weighted by atomic mass is 10.1. The summed E-state index contributed by atoms with van der Waals surface area (Å²) in [6, 6.07) is 4.57. The smallest absolute Gasteiger partial charge is 0.342 e. The van der Waals surface area contributed by atoms with Crippen LogP contribution in [0.4, 0.5) is 13.2 Å². The second-order valence-electron chi connectivity index (χ2n) is 6.34. The van der Waals surface area contributed by atoms with Gasteiger partial charge in [-0.15, -0.1) is 0 Å². The lowest BCUT2D eigenvalue weighted by Crippen LogP contribution is -2.42. The third-order valence-electron chi connectivity index (χ3n) is 4.48. The third-order valence-corrected chi connectivity index (χ3v) is 6.48. The average molecular weight is 377 g/mol. The number of sulfone groups is 1. The molecule has 1 amide bonds. The van der Waals surface area contributed by atoms with Crippen molar-refractivity contribution in [3.8, 4) is 0 Å². The van der Waals surface area contributed by atoms with Gasteiger partial charge in [0.15, 0.2) is 9.84 Å². The lowest BCUT2D eigenvalue weighted by Gasteiger charge is -2.24. The molecule has 140 valence electrons. The fourth-order valence-corrected chi connectivity index (χ4v) is 4.36. The quantitative estimate of drug-likeness (QED) is 0.808. The summed E-state index contributed by atoms with van der Waals surface area (Å²) in [5.41, 5.74) is -1.31. The number of carbonyl (C=O) groups is 1. The predicted octanol–water partition coefficient (Wildman–Crippen LogP) is 3.41. The van der Waals surface area contributed by atoms with Gasteiger partial charge in [0, 0.05) is 13.1 Å². The first kappa shape index (κ1) is 19.8. The van der Waals surface area contributed by atoms with Crippen LogP contribution in [0, 0.1) is 0 Å². The molecule has 1 atom stereocenters. The van der Waals surface area contributed by atoms with Crippen molar-refractivity contribution in [2.75, 3.05) is 13.1 Å². The Bertz CT molecular complexity index is 708. The largest absolute Gasteiger partial charge is 0.416 e. The molecule has 2 rings (SSSR count). The van der Waals surface area contributed by atoms with Crippen molar-refractivity contribution in [2.24, 2.45) is 0 Å². The van der Waals surface area contributed by atoms with Crippen LogP contribution in [-0.4, -0.2) is 37.6 Å². The van der Waals surface area contributed by atoms with Crippen molar-refractivity contribution in [3.63, 3.8) is 0 Å². The second-order valence-corrected chi connectivity index (χ2v) is 8.67. The molecule has 0 aliphatic carbocycles. The summed E-state index contributed by atoms with van der Waals surface area (Å²) in [5, 5.41) is -1.35. The Morgan fingerprint density at radius 2 is 1.68 bits per heavy atom. The molecule has 1 unspecified atom stereocenters. The normalized spacial score (nSPS) is 17.8. The zero-order valence-corrected chi connectivity index (χ0v) is 14.9. The van der Waals surface area contributed by atoms with Crippen molar-refractivity contribution in [2.45, 2.75) is 49.8 Å². The molecule has 0 aromatic heterocycles. The van der Waals surface area contributed by atoms with Crippen LogP contribution < -0.4 is 0 Å². The van der Waals surface area contributed by atoms with E-state index in [9.17, 15) is 26.4 Å². The SMILES string of the molecule is CC(C(=O)N1CCCCCC1)S(=O)(=O)Cc1ccccc1C(F)(F)F. The number of hydrogen-bond donors (Lipinski definition) is 0. The van der Waals surface area contributed by atoms with Gasteiger partial charge in [-0.3, -0.25) is 4.79 Å².